The molecule has 0 unspecified atom stereocenters. The lowest BCUT2D eigenvalue weighted by Gasteiger charge is -2.17. The second-order valence-electron chi connectivity index (χ2n) is 5.61. The number of allylic oxidation sites excluding steroid dienone is 2. The van der Waals surface area contributed by atoms with Crippen LogP contribution in [0.2, 0.25) is 0 Å². The molecular weight excluding hydrogens is 240 g/mol. The van der Waals surface area contributed by atoms with Crippen molar-refractivity contribution in [2.75, 3.05) is 0 Å². The van der Waals surface area contributed by atoms with Crippen molar-refractivity contribution in [3.63, 3.8) is 0 Å². The number of rotatable bonds is 4. The van der Waals surface area contributed by atoms with E-state index in [1.54, 1.807) is 26.0 Å². The standard InChI is InChI=1S/C16H18O3/c1-16(2,19)9-3-4-11-5-6-12-13(10-11)15(18)8-7-14(12)17/h5-8,10,19H,3-4,9H2,1-2H3. The summed E-state index contributed by atoms with van der Waals surface area (Å²) in [6.45, 7) is 3.57. The van der Waals surface area contributed by atoms with E-state index >= 15 is 0 Å². The van der Waals surface area contributed by atoms with Gasteiger partial charge in [0.15, 0.2) is 11.6 Å². The van der Waals surface area contributed by atoms with Crippen LogP contribution in [0.4, 0.5) is 0 Å². The molecule has 0 saturated carbocycles. The molecule has 1 N–H and O–H groups in total. The van der Waals surface area contributed by atoms with Gasteiger partial charge >= 0.3 is 0 Å². The fraction of sp³-hybridized carbons (Fsp3) is 0.375. The van der Waals surface area contributed by atoms with E-state index in [-0.39, 0.29) is 11.6 Å². The molecule has 100 valence electrons. The highest BCUT2D eigenvalue weighted by Crippen LogP contribution is 2.20. The molecule has 19 heavy (non-hydrogen) atoms. The van der Waals surface area contributed by atoms with Gasteiger partial charge in [-0.2, -0.15) is 0 Å². The van der Waals surface area contributed by atoms with Gasteiger partial charge < -0.3 is 5.11 Å². The summed E-state index contributed by atoms with van der Waals surface area (Å²) >= 11 is 0. The van der Waals surface area contributed by atoms with Crippen molar-refractivity contribution in [2.24, 2.45) is 0 Å². The molecule has 0 heterocycles. The summed E-state index contributed by atoms with van der Waals surface area (Å²) < 4.78 is 0. The van der Waals surface area contributed by atoms with Crippen molar-refractivity contribution in [2.45, 2.75) is 38.7 Å². The van der Waals surface area contributed by atoms with Crippen LogP contribution < -0.4 is 0 Å². The van der Waals surface area contributed by atoms with E-state index in [1.165, 1.54) is 12.2 Å². The van der Waals surface area contributed by atoms with E-state index in [0.717, 1.165) is 18.4 Å². The first-order chi connectivity index (χ1) is 8.87. The van der Waals surface area contributed by atoms with Gasteiger partial charge in [0.25, 0.3) is 0 Å². The van der Waals surface area contributed by atoms with Crippen molar-refractivity contribution >= 4 is 11.6 Å². The number of carbonyl (C=O) groups is 2. The number of ketones is 2. The second kappa shape index (κ2) is 5.10. The van der Waals surface area contributed by atoms with Gasteiger partial charge in [-0.25, -0.2) is 0 Å². The van der Waals surface area contributed by atoms with Crippen LogP contribution in [0.25, 0.3) is 0 Å². The smallest absolute Gasteiger partial charge is 0.186 e. The molecule has 1 aromatic rings. The van der Waals surface area contributed by atoms with Gasteiger partial charge in [-0.1, -0.05) is 12.1 Å². The first-order valence-electron chi connectivity index (χ1n) is 6.49. The number of fused-ring (bicyclic) bond motifs is 1. The average molecular weight is 258 g/mol. The molecule has 0 radical (unpaired) electrons. The molecule has 3 heteroatoms. The Labute approximate surface area is 113 Å². The lowest BCUT2D eigenvalue weighted by atomic mass is 9.91. The molecule has 0 atom stereocenters. The van der Waals surface area contributed by atoms with Crippen molar-refractivity contribution in [3.05, 3.63) is 47.0 Å². The minimum absolute atomic E-state index is 0.112. The molecule has 0 amide bonds. The summed E-state index contributed by atoms with van der Waals surface area (Å²) in [5, 5.41) is 9.66. The Hall–Kier alpha value is -1.74. The highest BCUT2D eigenvalue weighted by atomic mass is 16.3. The van der Waals surface area contributed by atoms with Gasteiger partial charge in [-0.3, -0.25) is 9.59 Å². The fourth-order valence-corrected chi connectivity index (χ4v) is 2.22. The molecule has 3 nitrogen and oxygen atoms in total. The van der Waals surface area contributed by atoms with Gasteiger partial charge in [0.2, 0.25) is 0 Å². The van der Waals surface area contributed by atoms with Crippen molar-refractivity contribution in [3.8, 4) is 0 Å². The quantitative estimate of drug-likeness (QED) is 0.903. The Morgan fingerprint density at radius 3 is 2.32 bits per heavy atom. The topological polar surface area (TPSA) is 54.4 Å². The Morgan fingerprint density at radius 1 is 1.05 bits per heavy atom. The Bertz CT molecular complexity index is 548. The first-order valence-corrected chi connectivity index (χ1v) is 6.49. The van der Waals surface area contributed by atoms with Crippen molar-refractivity contribution in [1.82, 2.24) is 0 Å². The van der Waals surface area contributed by atoms with Crippen molar-refractivity contribution < 1.29 is 14.7 Å². The Kier molecular flexibility index (Phi) is 3.67. The number of aliphatic hydroxyl groups is 1. The lowest BCUT2D eigenvalue weighted by Crippen LogP contribution is -2.18. The first kappa shape index (κ1) is 13.7. The molecule has 1 aliphatic carbocycles. The third-order valence-corrected chi connectivity index (χ3v) is 3.26. The fourth-order valence-electron chi connectivity index (χ4n) is 2.22. The Balaban J connectivity index is 2.12. The SMILES string of the molecule is CC(C)(O)CCCc1ccc2c(c1)C(=O)C=CC2=O. The third-order valence-electron chi connectivity index (χ3n) is 3.26. The van der Waals surface area contributed by atoms with Gasteiger partial charge in [0, 0.05) is 11.1 Å². The van der Waals surface area contributed by atoms with E-state index in [0.29, 0.717) is 17.5 Å². The summed E-state index contributed by atoms with van der Waals surface area (Å²) in [5.74, 6) is -0.225. The number of hydrogen-bond acceptors (Lipinski definition) is 3. The average Bonchev–Trinajstić information content (AvgIpc) is 2.32. The summed E-state index contributed by atoms with van der Waals surface area (Å²) in [5.41, 5.74) is 1.34. The highest BCUT2D eigenvalue weighted by molar-refractivity contribution is 6.22. The number of benzene rings is 1. The molecule has 0 aliphatic heterocycles. The largest absolute Gasteiger partial charge is 0.390 e. The zero-order chi connectivity index (χ0) is 14.0. The monoisotopic (exact) mass is 258 g/mol. The van der Waals surface area contributed by atoms with Crippen LogP contribution in [0.3, 0.4) is 0 Å². The minimum atomic E-state index is -0.664. The number of aryl methyl sites for hydroxylation is 1. The van der Waals surface area contributed by atoms with E-state index in [2.05, 4.69) is 0 Å². The van der Waals surface area contributed by atoms with Crippen LogP contribution in [0.5, 0.6) is 0 Å². The molecule has 0 spiro atoms. The van der Waals surface area contributed by atoms with Crippen LogP contribution in [0.15, 0.2) is 30.4 Å². The maximum Gasteiger partial charge on any atom is 0.186 e. The molecule has 0 aromatic heterocycles. The molecule has 2 rings (SSSR count). The van der Waals surface area contributed by atoms with Crippen LogP contribution >= 0.6 is 0 Å². The van der Waals surface area contributed by atoms with Gasteiger partial charge in [-0.15, -0.1) is 0 Å². The molecule has 0 bridgehead atoms. The normalized spacial score (nSPS) is 14.7. The third kappa shape index (κ3) is 3.38. The summed E-state index contributed by atoms with van der Waals surface area (Å²) in [6, 6.07) is 5.40. The maximum atomic E-state index is 11.7. The zero-order valence-electron chi connectivity index (χ0n) is 11.3. The number of hydrogen-bond donors (Lipinski definition) is 1. The minimum Gasteiger partial charge on any atom is -0.390 e. The second-order valence-corrected chi connectivity index (χ2v) is 5.61. The van der Waals surface area contributed by atoms with E-state index in [1.807, 2.05) is 6.07 Å². The van der Waals surface area contributed by atoms with Gasteiger partial charge in [-0.05, 0) is 56.9 Å². The van der Waals surface area contributed by atoms with E-state index < -0.39 is 5.60 Å². The highest BCUT2D eigenvalue weighted by Gasteiger charge is 2.19. The molecular formula is C16H18O3. The van der Waals surface area contributed by atoms with E-state index in [9.17, 15) is 14.7 Å². The van der Waals surface area contributed by atoms with Crippen LogP contribution in [0, 0.1) is 0 Å². The predicted molar refractivity (Wildman–Crippen MR) is 73.5 cm³/mol. The number of carbonyl (C=O) groups excluding carboxylic acids is 2. The van der Waals surface area contributed by atoms with Crippen LogP contribution in [-0.4, -0.2) is 22.3 Å². The predicted octanol–water partition coefficient (Wildman–Crippen LogP) is 2.72. The lowest BCUT2D eigenvalue weighted by molar-refractivity contribution is 0.0689. The van der Waals surface area contributed by atoms with Crippen LogP contribution in [0.1, 0.15) is 53.0 Å². The van der Waals surface area contributed by atoms with E-state index in [4.69, 9.17) is 0 Å². The zero-order valence-corrected chi connectivity index (χ0v) is 11.3. The molecule has 0 saturated heterocycles. The van der Waals surface area contributed by atoms with Gasteiger partial charge in [0.1, 0.15) is 0 Å². The summed E-state index contributed by atoms with van der Waals surface area (Å²) in [6.07, 6.45) is 4.99. The summed E-state index contributed by atoms with van der Waals surface area (Å²) in [7, 11) is 0. The molecule has 1 aliphatic rings. The summed E-state index contributed by atoms with van der Waals surface area (Å²) in [4.78, 5) is 23.4. The Morgan fingerprint density at radius 2 is 1.68 bits per heavy atom. The van der Waals surface area contributed by atoms with Crippen LogP contribution in [-0.2, 0) is 6.42 Å². The molecule has 1 aromatic carbocycles. The van der Waals surface area contributed by atoms with Gasteiger partial charge in [0.05, 0.1) is 5.60 Å². The maximum absolute atomic E-state index is 11.7. The molecule has 0 fully saturated rings. The van der Waals surface area contributed by atoms with Crippen molar-refractivity contribution in [1.29, 1.82) is 0 Å².